The van der Waals surface area contributed by atoms with Crippen molar-refractivity contribution < 1.29 is 34.5 Å². The minimum atomic E-state index is -1.17. The lowest BCUT2D eigenvalue weighted by molar-refractivity contribution is -0.146. The zero-order valence-corrected chi connectivity index (χ0v) is 13.3. The van der Waals surface area contributed by atoms with E-state index in [2.05, 4.69) is 0 Å². The van der Waals surface area contributed by atoms with Crippen molar-refractivity contribution in [3.8, 4) is 0 Å². The predicted molar refractivity (Wildman–Crippen MR) is 81.3 cm³/mol. The fraction of sp³-hybridized carbons (Fsp3) is 0.714. The average molecular weight is 345 g/mol. The highest BCUT2D eigenvalue weighted by Crippen LogP contribution is 2.27. The second-order valence-corrected chi connectivity index (χ2v) is 5.88. The van der Waals surface area contributed by atoms with Crippen LogP contribution in [0.2, 0.25) is 0 Å². The van der Waals surface area contributed by atoms with Crippen LogP contribution in [0.25, 0.3) is 0 Å². The first-order valence-electron chi connectivity index (χ1n) is 7.62. The van der Waals surface area contributed by atoms with Gasteiger partial charge in [0.15, 0.2) is 0 Å². The minimum Gasteiger partial charge on any atom is -0.480 e. The van der Waals surface area contributed by atoms with E-state index in [9.17, 15) is 19.2 Å². The van der Waals surface area contributed by atoms with Crippen LogP contribution >= 0.6 is 0 Å². The Bertz CT molecular complexity index is 421. The molecule has 0 aromatic carbocycles. The van der Waals surface area contributed by atoms with E-state index >= 15 is 0 Å². The maximum Gasteiger partial charge on any atom is 0.317 e. The number of amides is 1. The summed E-state index contributed by atoms with van der Waals surface area (Å²) in [6.45, 7) is -1.63. The van der Waals surface area contributed by atoms with Gasteiger partial charge in [0.2, 0.25) is 5.91 Å². The lowest BCUT2D eigenvalue weighted by Crippen LogP contribution is -2.57. The minimum absolute atomic E-state index is 0.276. The number of nitrogens with zero attached hydrogens (tertiary/aromatic N) is 2. The van der Waals surface area contributed by atoms with Gasteiger partial charge in [-0.05, 0) is 12.8 Å². The van der Waals surface area contributed by atoms with E-state index < -0.39 is 55.5 Å². The first-order valence-corrected chi connectivity index (χ1v) is 7.62. The van der Waals surface area contributed by atoms with Crippen molar-refractivity contribution in [1.82, 2.24) is 9.80 Å². The van der Waals surface area contributed by atoms with Crippen LogP contribution in [0.3, 0.4) is 0 Å². The molecule has 0 saturated heterocycles. The molecule has 0 aromatic heterocycles. The maximum atomic E-state index is 11.3. The van der Waals surface area contributed by atoms with Crippen molar-refractivity contribution in [2.75, 3.05) is 26.2 Å². The average Bonchev–Trinajstić information content (AvgIpc) is 2.44. The van der Waals surface area contributed by atoms with E-state index in [4.69, 9.17) is 21.1 Å². The summed E-state index contributed by atoms with van der Waals surface area (Å²) >= 11 is 0. The molecule has 10 nitrogen and oxygen atoms in total. The lowest BCUT2D eigenvalue weighted by atomic mass is 9.87. The molecule has 0 unspecified atom stereocenters. The van der Waals surface area contributed by atoms with Crippen LogP contribution in [0.1, 0.15) is 25.7 Å². The normalized spacial score (nSPS) is 20.9. The highest BCUT2D eigenvalue weighted by atomic mass is 16.4. The van der Waals surface area contributed by atoms with Crippen LogP contribution in [-0.2, 0) is 19.2 Å². The molecule has 0 heterocycles. The van der Waals surface area contributed by atoms with Crippen molar-refractivity contribution in [1.29, 1.82) is 0 Å². The topological polar surface area (TPSA) is 161 Å². The number of aliphatic carboxylic acids is 3. The highest BCUT2D eigenvalue weighted by Gasteiger charge is 2.36. The van der Waals surface area contributed by atoms with Crippen molar-refractivity contribution >= 4 is 23.8 Å². The molecule has 1 fully saturated rings. The second kappa shape index (κ2) is 9.18. The molecular weight excluding hydrogens is 322 g/mol. The summed E-state index contributed by atoms with van der Waals surface area (Å²) < 4.78 is 0. The number of carbonyl (C=O) groups excluding carboxylic acids is 1. The molecule has 136 valence electrons. The Morgan fingerprint density at radius 3 is 1.38 bits per heavy atom. The molecule has 1 aliphatic rings. The quantitative estimate of drug-likeness (QED) is 0.374. The Labute approximate surface area is 138 Å². The van der Waals surface area contributed by atoms with Crippen molar-refractivity contribution in [2.45, 2.75) is 37.8 Å². The van der Waals surface area contributed by atoms with Crippen LogP contribution in [-0.4, -0.2) is 87.2 Å². The molecule has 0 aliphatic heterocycles. The third-order valence-electron chi connectivity index (χ3n) is 4.01. The van der Waals surface area contributed by atoms with E-state index in [-0.39, 0.29) is 6.54 Å². The first kappa shape index (κ1) is 19.8. The number of primary amides is 1. The largest absolute Gasteiger partial charge is 0.480 e. The summed E-state index contributed by atoms with van der Waals surface area (Å²) in [6, 6.07) is -0.911. The molecule has 0 bridgehead atoms. The smallest absolute Gasteiger partial charge is 0.317 e. The fourth-order valence-corrected chi connectivity index (χ4v) is 3.25. The van der Waals surface area contributed by atoms with Gasteiger partial charge in [0.05, 0.1) is 26.2 Å². The number of hydrogen-bond acceptors (Lipinski definition) is 6. The highest BCUT2D eigenvalue weighted by molar-refractivity contribution is 5.77. The standard InChI is InChI=1S/C14H23N3O7/c15-11(18)5-16(6-12(19)20)9-3-1-2-4-10(9)17(7-13(21)22)8-14(23)24/h9-10H,1-8H2,(H2,15,18)(H,19,20)(H,21,22)(H,23,24)/t9-,10-/m1/s1. The molecule has 1 rings (SSSR count). The van der Waals surface area contributed by atoms with Gasteiger partial charge in [0.1, 0.15) is 0 Å². The Morgan fingerprint density at radius 1 is 0.750 bits per heavy atom. The van der Waals surface area contributed by atoms with Crippen LogP contribution < -0.4 is 5.73 Å². The molecule has 1 aliphatic carbocycles. The Morgan fingerprint density at radius 2 is 1.08 bits per heavy atom. The van der Waals surface area contributed by atoms with Crippen molar-refractivity contribution in [2.24, 2.45) is 5.73 Å². The van der Waals surface area contributed by atoms with Crippen LogP contribution in [0, 0.1) is 0 Å². The summed E-state index contributed by atoms with van der Waals surface area (Å²) in [5.41, 5.74) is 5.18. The summed E-state index contributed by atoms with van der Waals surface area (Å²) in [5.74, 6) is -4.16. The number of rotatable bonds is 10. The molecule has 1 amide bonds. The third kappa shape index (κ3) is 6.50. The Kier molecular flexibility index (Phi) is 7.59. The molecule has 0 spiro atoms. The lowest BCUT2D eigenvalue weighted by Gasteiger charge is -2.43. The fourth-order valence-electron chi connectivity index (χ4n) is 3.25. The van der Waals surface area contributed by atoms with Gasteiger partial charge >= 0.3 is 17.9 Å². The first-order chi connectivity index (χ1) is 11.2. The van der Waals surface area contributed by atoms with E-state index in [1.165, 1.54) is 9.80 Å². The monoisotopic (exact) mass is 345 g/mol. The van der Waals surface area contributed by atoms with Gasteiger partial charge in [0.25, 0.3) is 0 Å². The Hall–Kier alpha value is -2.20. The van der Waals surface area contributed by atoms with Gasteiger partial charge in [-0.2, -0.15) is 0 Å². The Balaban J connectivity index is 3.03. The van der Waals surface area contributed by atoms with E-state index in [0.29, 0.717) is 12.8 Å². The summed E-state index contributed by atoms with van der Waals surface area (Å²) in [7, 11) is 0. The SMILES string of the molecule is NC(=O)CN(CC(=O)O)[C@@H]1CCCC[C@H]1N(CC(=O)O)CC(=O)O. The molecule has 0 radical (unpaired) electrons. The van der Waals surface area contributed by atoms with Gasteiger partial charge in [-0.1, -0.05) is 12.8 Å². The second-order valence-electron chi connectivity index (χ2n) is 5.88. The van der Waals surface area contributed by atoms with Gasteiger partial charge in [0, 0.05) is 12.1 Å². The third-order valence-corrected chi connectivity index (χ3v) is 4.01. The van der Waals surface area contributed by atoms with E-state index in [1.54, 1.807) is 0 Å². The molecule has 24 heavy (non-hydrogen) atoms. The molecule has 10 heteroatoms. The molecule has 1 saturated carbocycles. The van der Waals surface area contributed by atoms with Gasteiger partial charge in [-0.15, -0.1) is 0 Å². The van der Waals surface area contributed by atoms with Crippen LogP contribution in [0.15, 0.2) is 0 Å². The number of carboxylic acids is 3. The maximum absolute atomic E-state index is 11.3. The zero-order valence-electron chi connectivity index (χ0n) is 13.3. The van der Waals surface area contributed by atoms with Gasteiger partial charge < -0.3 is 21.1 Å². The van der Waals surface area contributed by atoms with Gasteiger partial charge in [-0.25, -0.2) is 0 Å². The molecule has 5 N–H and O–H groups in total. The zero-order chi connectivity index (χ0) is 18.3. The van der Waals surface area contributed by atoms with Crippen molar-refractivity contribution in [3.63, 3.8) is 0 Å². The van der Waals surface area contributed by atoms with E-state index in [0.717, 1.165) is 12.8 Å². The van der Waals surface area contributed by atoms with Crippen LogP contribution in [0.5, 0.6) is 0 Å². The summed E-state index contributed by atoms with van der Waals surface area (Å²) in [4.78, 5) is 47.1. The number of carbonyl (C=O) groups is 4. The molecular formula is C14H23N3O7. The number of nitrogens with two attached hydrogens (primary N) is 1. The number of carboxylic acid groups (broad SMARTS) is 3. The molecule has 2 atom stereocenters. The number of hydrogen-bond donors (Lipinski definition) is 4. The predicted octanol–water partition coefficient (Wildman–Crippen LogP) is -1.36. The summed E-state index contributed by atoms with van der Waals surface area (Å²) in [6.07, 6.45) is 2.62. The van der Waals surface area contributed by atoms with E-state index in [1.807, 2.05) is 0 Å². The summed E-state index contributed by atoms with van der Waals surface area (Å²) in [5, 5.41) is 27.1. The van der Waals surface area contributed by atoms with Gasteiger partial charge in [-0.3, -0.25) is 29.0 Å². The van der Waals surface area contributed by atoms with Crippen LogP contribution in [0.4, 0.5) is 0 Å². The molecule has 0 aromatic rings. The van der Waals surface area contributed by atoms with Crippen molar-refractivity contribution in [3.05, 3.63) is 0 Å².